The topological polar surface area (TPSA) is 90.1 Å². The molecule has 0 saturated heterocycles. The van der Waals surface area contributed by atoms with Gasteiger partial charge in [0.15, 0.2) is 5.69 Å². The van der Waals surface area contributed by atoms with Crippen molar-refractivity contribution in [1.82, 2.24) is 15.5 Å². The van der Waals surface area contributed by atoms with E-state index in [1.165, 1.54) is 5.56 Å². The summed E-state index contributed by atoms with van der Waals surface area (Å²) in [6, 6.07) is 11.0. The Kier molecular flexibility index (Phi) is 3.20. The first-order valence-corrected chi connectivity index (χ1v) is 6.34. The molecule has 6 heteroatoms. The zero-order valence-electron chi connectivity index (χ0n) is 10.7. The number of rotatable bonds is 3. The van der Waals surface area contributed by atoms with Crippen molar-refractivity contribution in [1.29, 1.82) is 0 Å². The fourth-order valence-corrected chi connectivity index (χ4v) is 2.13. The summed E-state index contributed by atoms with van der Waals surface area (Å²) in [5, 5.41) is 10.2. The number of fused-ring (bicyclic) bond motifs is 1. The quantitative estimate of drug-likeness (QED) is 0.860. The van der Waals surface area contributed by atoms with Crippen LogP contribution in [0, 0.1) is 0 Å². The van der Waals surface area contributed by atoms with E-state index in [2.05, 4.69) is 15.5 Å². The number of ether oxygens (including phenoxy) is 1. The second-order valence-corrected chi connectivity index (χ2v) is 4.61. The second-order valence-electron chi connectivity index (χ2n) is 4.61. The Bertz CT molecular complexity index is 602. The van der Waals surface area contributed by atoms with E-state index in [4.69, 9.17) is 10.5 Å². The molecule has 0 radical (unpaired) electrons. The van der Waals surface area contributed by atoms with Crippen LogP contribution in [0.2, 0.25) is 0 Å². The zero-order valence-corrected chi connectivity index (χ0v) is 10.7. The van der Waals surface area contributed by atoms with Gasteiger partial charge in [-0.15, -0.1) is 10.2 Å². The van der Waals surface area contributed by atoms with E-state index in [-0.39, 0.29) is 23.5 Å². The maximum Gasteiger partial charge on any atom is 0.271 e. The van der Waals surface area contributed by atoms with Crippen molar-refractivity contribution in [2.75, 3.05) is 12.3 Å². The molecule has 2 heterocycles. The van der Waals surface area contributed by atoms with Gasteiger partial charge >= 0.3 is 0 Å². The first kappa shape index (κ1) is 12.4. The first-order chi connectivity index (χ1) is 9.72. The van der Waals surface area contributed by atoms with Crippen LogP contribution in [0.25, 0.3) is 0 Å². The van der Waals surface area contributed by atoms with Gasteiger partial charge in [-0.25, -0.2) is 0 Å². The van der Waals surface area contributed by atoms with Gasteiger partial charge in [-0.2, -0.15) is 0 Å². The van der Waals surface area contributed by atoms with Crippen molar-refractivity contribution in [3.63, 3.8) is 0 Å². The average Bonchev–Trinajstić information content (AvgIpc) is 2.88. The van der Waals surface area contributed by atoms with Crippen molar-refractivity contribution < 1.29 is 9.53 Å². The van der Waals surface area contributed by atoms with Crippen LogP contribution in [0.15, 0.2) is 36.4 Å². The number of hydrogen-bond donors (Lipinski definition) is 2. The lowest BCUT2D eigenvalue weighted by Gasteiger charge is -2.11. The molecular formula is C14H14N4O2. The first-order valence-electron chi connectivity index (χ1n) is 6.34. The third-order valence-corrected chi connectivity index (χ3v) is 3.12. The highest BCUT2D eigenvalue weighted by molar-refractivity contribution is 5.92. The summed E-state index contributed by atoms with van der Waals surface area (Å²) in [5.41, 5.74) is 6.83. The molecular weight excluding hydrogens is 256 g/mol. The molecule has 0 bridgehead atoms. The summed E-state index contributed by atoms with van der Waals surface area (Å²) in [6.07, 6.45) is 0.752. The molecule has 20 heavy (non-hydrogen) atoms. The lowest BCUT2D eigenvalue weighted by molar-refractivity contribution is 0.0927. The van der Waals surface area contributed by atoms with Crippen LogP contribution in [0.3, 0.4) is 0 Å². The molecule has 0 fully saturated rings. The normalized spacial score (nSPS) is 16.3. The number of nitrogens with two attached hydrogens (primary N) is 1. The van der Waals surface area contributed by atoms with E-state index in [0.29, 0.717) is 6.54 Å². The van der Waals surface area contributed by atoms with Crippen LogP contribution in [-0.4, -0.2) is 28.8 Å². The van der Waals surface area contributed by atoms with E-state index in [1.807, 2.05) is 24.3 Å². The van der Waals surface area contributed by atoms with E-state index in [1.54, 1.807) is 12.1 Å². The SMILES string of the molecule is Nc1ccc(C(=O)NCC2Cc3ccccc3O2)nn1. The molecule has 2 aromatic rings. The van der Waals surface area contributed by atoms with Gasteiger partial charge in [0.25, 0.3) is 5.91 Å². The summed E-state index contributed by atoms with van der Waals surface area (Å²) in [7, 11) is 0. The van der Waals surface area contributed by atoms with Crippen LogP contribution >= 0.6 is 0 Å². The molecule has 1 unspecified atom stereocenters. The predicted molar refractivity (Wildman–Crippen MR) is 73.3 cm³/mol. The zero-order chi connectivity index (χ0) is 13.9. The number of hydrogen-bond acceptors (Lipinski definition) is 5. The molecule has 1 aliphatic heterocycles. The Morgan fingerprint density at radius 1 is 1.30 bits per heavy atom. The number of aromatic nitrogens is 2. The van der Waals surface area contributed by atoms with Gasteiger partial charge in [0, 0.05) is 6.42 Å². The number of nitrogens with zero attached hydrogens (tertiary/aromatic N) is 2. The smallest absolute Gasteiger partial charge is 0.271 e. The van der Waals surface area contributed by atoms with Crippen molar-refractivity contribution in [3.8, 4) is 5.75 Å². The minimum absolute atomic E-state index is 0.0434. The lowest BCUT2D eigenvalue weighted by Crippen LogP contribution is -2.34. The highest BCUT2D eigenvalue weighted by Crippen LogP contribution is 2.27. The number of benzene rings is 1. The molecule has 0 aliphatic carbocycles. The van der Waals surface area contributed by atoms with Gasteiger partial charge in [-0.3, -0.25) is 4.79 Å². The Morgan fingerprint density at radius 2 is 2.15 bits per heavy atom. The molecule has 0 saturated carbocycles. The minimum atomic E-state index is -0.281. The lowest BCUT2D eigenvalue weighted by atomic mass is 10.1. The highest BCUT2D eigenvalue weighted by Gasteiger charge is 2.22. The molecule has 3 rings (SSSR count). The minimum Gasteiger partial charge on any atom is -0.488 e. The van der Waals surface area contributed by atoms with Gasteiger partial charge in [-0.1, -0.05) is 18.2 Å². The summed E-state index contributed by atoms with van der Waals surface area (Å²) in [6.45, 7) is 0.430. The summed E-state index contributed by atoms with van der Waals surface area (Å²) in [4.78, 5) is 11.9. The van der Waals surface area contributed by atoms with Crippen LogP contribution < -0.4 is 15.8 Å². The summed E-state index contributed by atoms with van der Waals surface area (Å²) in [5.74, 6) is 0.896. The molecule has 1 amide bonds. The van der Waals surface area contributed by atoms with Crippen LogP contribution in [0.1, 0.15) is 16.1 Å². The molecule has 0 spiro atoms. The number of anilines is 1. The second kappa shape index (κ2) is 5.16. The average molecular weight is 270 g/mol. The number of amides is 1. The number of nitrogens with one attached hydrogen (secondary N) is 1. The van der Waals surface area contributed by atoms with Crippen molar-refractivity contribution in [2.45, 2.75) is 12.5 Å². The van der Waals surface area contributed by atoms with Gasteiger partial charge in [-0.05, 0) is 23.8 Å². The molecule has 1 atom stereocenters. The number of carbonyl (C=O) groups is 1. The maximum atomic E-state index is 11.9. The molecule has 1 aromatic heterocycles. The fraction of sp³-hybridized carbons (Fsp3) is 0.214. The fourth-order valence-electron chi connectivity index (χ4n) is 2.13. The van der Waals surface area contributed by atoms with Crippen molar-refractivity contribution in [3.05, 3.63) is 47.7 Å². The molecule has 1 aromatic carbocycles. The van der Waals surface area contributed by atoms with E-state index in [0.717, 1.165) is 12.2 Å². The molecule has 102 valence electrons. The van der Waals surface area contributed by atoms with Gasteiger partial charge in [0.1, 0.15) is 17.7 Å². The van der Waals surface area contributed by atoms with Crippen molar-refractivity contribution in [2.24, 2.45) is 0 Å². The monoisotopic (exact) mass is 270 g/mol. The molecule has 3 N–H and O–H groups in total. The Labute approximate surface area is 116 Å². The van der Waals surface area contributed by atoms with Crippen molar-refractivity contribution >= 4 is 11.7 Å². The standard InChI is InChI=1S/C14H14N4O2/c15-13-6-5-11(17-18-13)14(19)16-8-10-7-9-3-1-2-4-12(9)20-10/h1-6,10H,7-8H2,(H2,15,18)(H,16,19). The van der Waals surface area contributed by atoms with Crippen LogP contribution in [0.5, 0.6) is 5.75 Å². The molecule has 1 aliphatic rings. The Hall–Kier alpha value is -2.63. The van der Waals surface area contributed by atoms with Gasteiger partial charge in [0.05, 0.1) is 6.54 Å². The number of carbonyl (C=O) groups excluding carboxylic acids is 1. The third kappa shape index (κ3) is 2.54. The molecule has 6 nitrogen and oxygen atoms in total. The maximum absolute atomic E-state index is 11.9. The van der Waals surface area contributed by atoms with E-state index in [9.17, 15) is 4.79 Å². The summed E-state index contributed by atoms with van der Waals surface area (Å²) < 4.78 is 5.74. The Balaban J connectivity index is 1.56. The highest BCUT2D eigenvalue weighted by atomic mass is 16.5. The number of para-hydroxylation sites is 1. The van der Waals surface area contributed by atoms with Gasteiger partial charge in [0.2, 0.25) is 0 Å². The Morgan fingerprint density at radius 3 is 2.90 bits per heavy atom. The van der Waals surface area contributed by atoms with E-state index < -0.39 is 0 Å². The summed E-state index contributed by atoms with van der Waals surface area (Å²) >= 11 is 0. The van der Waals surface area contributed by atoms with Crippen LogP contribution in [-0.2, 0) is 6.42 Å². The van der Waals surface area contributed by atoms with E-state index >= 15 is 0 Å². The van der Waals surface area contributed by atoms with Crippen LogP contribution in [0.4, 0.5) is 5.82 Å². The largest absolute Gasteiger partial charge is 0.488 e. The predicted octanol–water partition coefficient (Wildman–Crippen LogP) is 0.792. The number of nitrogen functional groups attached to an aromatic ring is 1. The third-order valence-electron chi connectivity index (χ3n) is 3.12. The van der Waals surface area contributed by atoms with Gasteiger partial charge < -0.3 is 15.8 Å².